The van der Waals surface area contributed by atoms with Crippen LogP contribution in [0.1, 0.15) is 25.0 Å². The molecule has 0 aliphatic rings. The highest BCUT2D eigenvalue weighted by molar-refractivity contribution is 5.71. The lowest BCUT2D eigenvalue weighted by molar-refractivity contribution is -0.136. The first-order chi connectivity index (χ1) is 9.54. The molecule has 2 rings (SSSR count). The molecule has 104 valence electrons. The summed E-state index contributed by atoms with van der Waals surface area (Å²) in [5, 5.41) is 8.76. The summed E-state index contributed by atoms with van der Waals surface area (Å²) in [6, 6.07) is 16.3. The molecule has 0 aromatic heterocycles. The summed E-state index contributed by atoms with van der Waals surface area (Å²) >= 11 is 0. The molecular weight excluding hydrogens is 248 g/mol. The van der Waals surface area contributed by atoms with Crippen LogP contribution in [0.2, 0.25) is 0 Å². The van der Waals surface area contributed by atoms with Crippen molar-refractivity contribution in [3.8, 4) is 11.1 Å². The molecule has 2 aromatic rings. The van der Waals surface area contributed by atoms with Crippen molar-refractivity contribution in [1.29, 1.82) is 0 Å². The van der Waals surface area contributed by atoms with E-state index in [-0.39, 0.29) is 6.42 Å². The van der Waals surface area contributed by atoms with Crippen molar-refractivity contribution in [2.45, 2.75) is 26.7 Å². The number of carbonyl (C=O) groups is 1. The van der Waals surface area contributed by atoms with Gasteiger partial charge < -0.3 is 5.11 Å². The third-order valence-electron chi connectivity index (χ3n) is 3.24. The summed E-state index contributed by atoms with van der Waals surface area (Å²) in [5.41, 5.74) is 4.47. The summed E-state index contributed by atoms with van der Waals surface area (Å²) in [6.45, 7) is 4.43. The predicted molar refractivity (Wildman–Crippen MR) is 81.8 cm³/mol. The Labute approximate surface area is 120 Å². The minimum Gasteiger partial charge on any atom is -0.481 e. The normalized spacial score (nSPS) is 10.8. The largest absolute Gasteiger partial charge is 0.481 e. The third kappa shape index (κ3) is 3.95. The number of rotatable bonds is 5. The van der Waals surface area contributed by atoms with Gasteiger partial charge in [-0.1, -0.05) is 62.4 Å². The van der Waals surface area contributed by atoms with Gasteiger partial charge in [0.15, 0.2) is 0 Å². The fourth-order valence-corrected chi connectivity index (χ4v) is 2.29. The second-order valence-corrected chi connectivity index (χ2v) is 5.56. The maximum absolute atomic E-state index is 10.6. The minimum atomic E-state index is -0.796. The number of carboxylic acid groups (broad SMARTS) is 1. The molecule has 0 radical (unpaired) electrons. The van der Waals surface area contributed by atoms with Crippen molar-refractivity contribution in [3.05, 3.63) is 59.7 Å². The molecule has 2 aromatic carbocycles. The number of hydrogen-bond donors (Lipinski definition) is 1. The van der Waals surface area contributed by atoms with Crippen LogP contribution >= 0.6 is 0 Å². The second kappa shape index (κ2) is 6.38. The van der Waals surface area contributed by atoms with Crippen molar-refractivity contribution in [2.75, 3.05) is 0 Å². The topological polar surface area (TPSA) is 37.3 Å². The molecule has 0 bridgehead atoms. The van der Waals surface area contributed by atoms with Crippen LogP contribution in [0.5, 0.6) is 0 Å². The zero-order valence-electron chi connectivity index (χ0n) is 12.0. The van der Waals surface area contributed by atoms with E-state index >= 15 is 0 Å². The summed E-state index contributed by atoms with van der Waals surface area (Å²) in [6.07, 6.45) is 1.17. The molecule has 0 spiro atoms. The van der Waals surface area contributed by atoms with E-state index in [0.717, 1.165) is 17.5 Å². The molecule has 0 atom stereocenters. The van der Waals surface area contributed by atoms with Gasteiger partial charge in [-0.15, -0.1) is 0 Å². The van der Waals surface area contributed by atoms with Crippen LogP contribution in [-0.2, 0) is 17.6 Å². The number of hydrogen-bond acceptors (Lipinski definition) is 1. The van der Waals surface area contributed by atoms with Crippen LogP contribution in [-0.4, -0.2) is 11.1 Å². The Hall–Kier alpha value is -2.09. The van der Waals surface area contributed by atoms with Gasteiger partial charge in [-0.3, -0.25) is 4.79 Å². The van der Waals surface area contributed by atoms with Gasteiger partial charge in [0.25, 0.3) is 0 Å². The second-order valence-electron chi connectivity index (χ2n) is 5.56. The third-order valence-corrected chi connectivity index (χ3v) is 3.24. The average molecular weight is 268 g/mol. The molecule has 0 saturated heterocycles. The first-order valence-electron chi connectivity index (χ1n) is 6.94. The standard InChI is InChI=1S/C18H20O2/c1-13(2)11-14-3-7-16(8-4-14)17-9-5-15(6-10-17)12-18(19)20/h3-10,13H,11-12H2,1-2H3,(H,19,20). The monoisotopic (exact) mass is 268 g/mol. The number of aliphatic carboxylic acids is 1. The Morgan fingerprint density at radius 1 is 0.900 bits per heavy atom. The molecule has 0 saturated carbocycles. The number of benzene rings is 2. The molecule has 0 aliphatic carbocycles. The van der Waals surface area contributed by atoms with Crippen LogP contribution in [0.3, 0.4) is 0 Å². The molecule has 0 amide bonds. The molecule has 1 N–H and O–H groups in total. The van der Waals surface area contributed by atoms with Crippen molar-refractivity contribution < 1.29 is 9.90 Å². The lowest BCUT2D eigenvalue weighted by Gasteiger charge is -2.07. The van der Waals surface area contributed by atoms with Gasteiger partial charge in [-0.2, -0.15) is 0 Å². The first kappa shape index (κ1) is 14.3. The van der Waals surface area contributed by atoms with E-state index < -0.39 is 5.97 Å². The van der Waals surface area contributed by atoms with Crippen molar-refractivity contribution in [3.63, 3.8) is 0 Å². The van der Waals surface area contributed by atoms with Gasteiger partial charge in [-0.05, 0) is 34.6 Å². The van der Waals surface area contributed by atoms with Crippen LogP contribution in [0, 0.1) is 5.92 Å². The highest BCUT2D eigenvalue weighted by Crippen LogP contribution is 2.21. The van der Waals surface area contributed by atoms with Crippen LogP contribution < -0.4 is 0 Å². The number of carboxylic acids is 1. The Morgan fingerprint density at radius 3 is 1.75 bits per heavy atom. The lowest BCUT2D eigenvalue weighted by Crippen LogP contribution is -1.99. The molecular formula is C18H20O2. The van der Waals surface area contributed by atoms with Gasteiger partial charge in [0.2, 0.25) is 0 Å². The molecule has 0 aliphatic heterocycles. The highest BCUT2D eigenvalue weighted by Gasteiger charge is 2.03. The summed E-state index contributed by atoms with van der Waals surface area (Å²) in [5.74, 6) is -0.132. The van der Waals surface area contributed by atoms with E-state index in [9.17, 15) is 4.79 Å². The predicted octanol–water partition coefficient (Wildman–Crippen LogP) is 4.18. The van der Waals surface area contributed by atoms with Crippen molar-refractivity contribution in [1.82, 2.24) is 0 Å². The Balaban J connectivity index is 2.13. The Bertz CT molecular complexity index is 565. The highest BCUT2D eigenvalue weighted by atomic mass is 16.4. The maximum atomic E-state index is 10.6. The average Bonchev–Trinajstić information content (AvgIpc) is 2.39. The van der Waals surface area contributed by atoms with Gasteiger partial charge in [-0.25, -0.2) is 0 Å². The molecule has 0 fully saturated rings. The van der Waals surface area contributed by atoms with Gasteiger partial charge >= 0.3 is 5.97 Å². The molecule has 0 unspecified atom stereocenters. The van der Waals surface area contributed by atoms with Gasteiger partial charge in [0.05, 0.1) is 6.42 Å². The molecule has 20 heavy (non-hydrogen) atoms. The zero-order chi connectivity index (χ0) is 14.5. The van der Waals surface area contributed by atoms with E-state index in [1.54, 1.807) is 0 Å². The Morgan fingerprint density at radius 2 is 1.35 bits per heavy atom. The minimum absolute atomic E-state index is 0.0770. The summed E-state index contributed by atoms with van der Waals surface area (Å²) < 4.78 is 0. The van der Waals surface area contributed by atoms with E-state index in [0.29, 0.717) is 5.92 Å². The van der Waals surface area contributed by atoms with Crippen molar-refractivity contribution in [2.24, 2.45) is 5.92 Å². The SMILES string of the molecule is CC(C)Cc1ccc(-c2ccc(CC(=O)O)cc2)cc1. The fourth-order valence-electron chi connectivity index (χ4n) is 2.29. The quantitative estimate of drug-likeness (QED) is 0.883. The molecule has 0 heterocycles. The van der Waals surface area contributed by atoms with E-state index in [1.165, 1.54) is 11.1 Å². The first-order valence-corrected chi connectivity index (χ1v) is 6.94. The van der Waals surface area contributed by atoms with E-state index in [4.69, 9.17) is 5.11 Å². The fraction of sp³-hybridized carbons (Fsp3) is 0.278. The van der Waals surface area contributed by atoms with Crippen molar-refractivity contribution >= 4 is 5.97 Å². The van der Waals surface area contributed by atoms with Crippen LogP contribution in [0.15, 0.2) is 48.5 Å². The molecule has 2 nitrogen and oxygen atoms in total. The van der Waals surface area contributed by atoms with Crippen LogP contribution in [0.4, 0.5) is 0 Å². The Kier molecular flexibility index (Phi) is 4.57. The summed E-state index contributed by atoms with van der Waals surface area (Å²) in [4.78, 5) is 10.6. The van der Waals surface area contributed by atoms with E-state index in [1.807, 2.05) is 24.3 Å². The maximum Gasteiger partial charge on any atom is 0.307 e. The summed E-state index contributed by atoms with van der Waals surface area (Å²) in [7, 11) is 0. The lowest BCUT2D eigenvalue weighted by atomic mass is 9.98. The van der Waals surface area contributed by atoms with Gasteiger partial charge in [0.1, 0.15) is 0 Å². The zero-order valence-corrected chi connectivity index (χ0v) is 12.0. The molecule has 2 heteroatoms. The van der Waals surface area contributed by atoms with E-state index in [2.05, 4.69) is 38.1 Å². The smallest absolute Gasteiger partial charge is 0.307 e. The van der Waals surface area contributed by atoms with Crippen LogP contribution in [0.25, 0.3) is 11.1 Å². The van der Waals surface area contributed by atoms with Gasteiger partial charge in [0, 0.05) is 0 Å².